The van der Waals surface area contributed by atoms with E-state index in [0.717, 1.165) is 14.9 Å². The number of esters is 1. The van der Waals surface area contributed by atoms with Crippen molar-refractivity contribution in [3.8, 4) is 11.3 Å². The first kappa shape index (κ1) is 20.7. The van der Waals surface area contributed by atoms with Crippen molar-refractivity contribution in [2.45, 2.75) is 6.42 Å². The minimum absolute atomic E-state index is 0.108. The van der Waals surface area contributed by atoms with Crippen LogP contribution in [0.2, 0.25) is 0 Å². The summed E-state index contributed by atoms with van der Waals surface area (Å²) < 4.78 is 5.84. The summed E-state index contributed by atoms with van der Waals surface area (Å²) >= 11 is 4.94. The first-order valence-electron chi connectivity index (χ1n) is 8.60. The van der Waals surface area contributed by atoms with Crippen LogP contribution in [0.4, 0.5) is 4.79 Å². The molecule has 3 aromatic rings. The third kappa shape index (κ3) is 6.26. The van der Waals surface area contributed by atoms with Crippen molar-refractivity contribution < 1.29 is 19.1 Å². The summed E-state index contributed by atoms with van der Waals surface area (Å²) in [5, 5.41) is 13.3. The van der Waals surface area contributed by atoms with E-state index in [1.165, 1.54) is 6.07 Å². The largest absolute Gasteiger partial charge is 0.451 e. The van der Waals surface area contributed by atoms with Gasteiger partial charge in [-0.1, -0.05) is 34.1 Å². The van der Waals surface area contributed by atoms with Gasteiger partial charge in [0.1, 0.15) is 5.69 Å². The Morgan fingerprint density at radius 2 is 1.97 bits per heavy atom. The number of nitrogens with zero attached hydrogens (tertiary/aromatic N) is 1. The first-order chi connectivity index (χ1) is 14.0. The second-order valence-electron chi connectivity index (χ2n) is 5.88. The molecule has 0 bridgehead atoms. The van der Waals surface area contributed by atoms with Crippen molar-refractivity contribution in [3.05, 3.63) is 62.9 Å². The number of aromatic nitrogens is 2. The summed E-state index contributed by atoms with van der Waals surface area (Å²) in [5.41, 5.74) is 1.50. The number of amides is 3. The van der Waals surface area contributed by atoms with Crippen molar-refractivity contribution in [1.29, 1.82) is 0 Å². The molecule has 3 N–H and O–H groups in total. The van der Waals surface area contributed by atoms with Crippen molar-refractivity contribution in [2.75, 3.05) is 13.2 Å². The number of hydrogen-bond donors (Lipinski definition) is 3. The van der Waals surface area contributed by atoms with Crippen LogP contribution in [0.3, 0.4) is 0 Å². The van der Waals surface area contributed by atoms with E-state index in [-0.39, 0.29) is 5.69 Å². The molecule has 0 aliphatic carbocycles. The number of imide groups is 1. The van der Waals surface area contributed by atoms with Crippen molar-refractivity contribution >= 4 is 45.2 Å². The number of urea groups is 1. The fourth-order valence-electron chi connectivity index (χ4n) is 2.36. The van der Waals surface area contributed by atoms with Gasteiger partial charge in [0, 0.05) is 21.5 Å². The maximum Gasteiger partial charge on any atom is 0.356 e. The van der Waals surface area contributed by atoms with Gasteiger partial charge in [-0.2, -0.15) is 5.10 Å². The second-order valence-corrected chi connectivity index (χ2v) is 7.83. The lowest BCUT2D eigenvalue weighted by Crippen LogP contribution is -2.42. The van der Waals surface area contributed by atoms with E-state index < -0.39 is 24.5 Å². The van der Waals surface area contributed by atoms with Crippen LogP contribution in [0.5, 0.6) is 0 Å². The maximum absolute atomic E-state index is 12.1. The number of ether oxygens (including phenoxy) is 1. The summed E-state index contributed by atoms with van der Waals surface area (Å²) in [4.78, 5) is 36.6. The van der Waals surface area contributed by atoms with Crippen LogP contribution in [0.25, 0.3) is 11.3 Å². The van der Waals surface area contributed by atoms with Crippen molar-refractivity contribution in [1.82, 2.24) is 20.8 Å². The smallest absolute Gasteiger partial charge is 0.356 e. The number of halogens is 1. The van der Waals surface area contributed by atoms with Gasteiger partial charge in [0.05, 0.1) is 5.69 Å². The Bertz CT molecular complexity index is 986. The second kappa shape index (κ2) is 9.99. The molecule has 3 rings (SSSR count). The monoisotopic (exact) mass is 476 g/mol. The Morgan fingerprint density at radius 1 is 1.17 bits per heavy atom. The topological polar surface area (TPSA) is 113 Å². The lowest BCUT2D eigenvalue weighted by Gasteiger charge is -2.06. The zero-order valence-corrected chi connectivity index (χ0v) is 17.5. The third-order valence-corrected chi connectivity index (χ3v) is 5.23. The lowest BCUT2D eigenvalue weighted by atomic mass is 10.1. The van der Waals surface area contributed by atoms with Crippen LogP contribution in [0.1, 0.15) is 15.4 Å². The summed E-state index contributed by atoms with van der Waals surface area (Å²) in [5.74, 6) is -1.46. The number of aromatic amines is 1. The first-order valence-corrected chi connectivity index (χ1v) is 10.3. The van der Waals surface area contributed by atoms with E-state index in [9.17, 15) is 14.4 Å². The highest BCUT2D eigenvalue weighted by Gasteiger charge is 2.15. The molecule has 0 atom stereocenters. The van der Waals surface area contributed by atoms with Gasteiger partial charge in [0.2, 0.25) is 0 Å². The number of carbonyl (C=O) groups is 3. The molecule has 1 aromatic carbocycles. The Balaban J connectivity index is 1.41. The number of carbonyl (C=O) groups excluding carboxylic acids is 3. The van der Waals surface area contributed by atoms with E-state index in [1.54, 1.807) is 11.3 Å². The van der Waals surface area contributed by atoms with Crippen molar-refractivity contribution in [2.24, 2.45) is 0 Å². The molecule has 2 heterocycles. The van der Waals surface area contributed by atoms with E-state index in [4.69, 9.17) is 4.74 Å². The molecule has 8 nitrogen and oxygen atoms in total. The molecule has 0 aliphatic rings. The van der Waals surface area contributed by atoms with E-state index in [2.05, 4.69) is 36.8 Å². The average molecular weight is 477 g/mol. The van der Waals surface area contributed by atoms with Gasteiger partial charge in [-0.15, -0.1) is 11.3 Å². The van der Waals surface area contributed by atoms with E-state index in [1.807, 2.05) is 41.8 Å². The van der Waals surface area contributed by atoms with E-state index >= 15 is 0 Å². The van der Waals surface area contributed by atoms with Crippen LogP contribution in [-0.4, -0.2) is 41.3 Å². The number of rotatable bonds is 7. The maximum atomic E-state index is 12.1. The fraction of sp³-hybridized carbons (Fsp3) is 0.158. The number of nitrogens with one attached hydrogen (secondary N) is 3. The molecule has 3 amide bonds. The van der Waals surface area contributed by atoms with Crippen LogP contribution >= 0.6 is 27.3 Å². The van der Waals surface area contributed by atoms with Gasteiger partial charge in [-0.3, -0.25) is 15.2 Å². The number of benzene rings is 1. The molecule has 0 unspecified atom stereocenters. The average Bonchev–Trinajstić information content (AvgIpc) is 3.39. The summed E-state index contributed by atoms with van der Waals surface area (Å²) in [6.45, 7) is -0.184. The number of thiophene rings is 1. The van der Waals surface area contributed by atoms with Gasteiger partial charge >= 0.3 is 12.0 Å². The predicted octanol–water partition coefficient (Wildman–Crippen LogP) is 3.13. The Kier molecular flexibility index (Phi) is 7.14. The highest BCUT2D eigenvalue weighted by atomic mass is 79.9. The Labute approximate surface area is 178 Å². The highest BCUT2D eigenvalue weighted by molar-refractivity contribution is 9.10. The third-order valence-electron chi connectivity index (χ3n) is 3.76. The van der Waals surface area contributed by atoms with E-state index in [0.29, 0.717) is 18.7 Å². The molecule has 0 saturated heterocycles. The van der Waals surface area contributed by atoms with Gasteiger partial charge in [-0.05, 0) is 36.1 Å². The fourth-order valence-corrected chi connectivity index (χ4v) is 3.34. The van der Waals surface area contributed by atoms with Crippen LogP contribution in [0, 0.1) is 0 Å². The zero-order valence-electron chi connectivity index (χ0n) is 15.1. The Morgan fingerprint density at radius 3 is 2.69 bits per heavy atom. The summed E-state index contributed by atoms with van der Waals surface area (Å²) in [6.07, 6.45) is 0.675. The molecule has 10 heteroatoms. The molecule has 0 aliphatic heterocycles. The molecule has 2 aromatic heterocycles. The quantitative estimate of drug-likeness (QED) is 0.453. The van der Waals surface area contributed by atoms with Gasteiger partial charge in [-0.25, -0.2) is 9.59 Å². The minimum Gasteiger partial charge on any atom is -0.451 e. The predicted molar refractivity (Wildman–Crippen MR) is 112 cm³/mol. The summed E-state index contributed by atoms with van der Waals surface area (Å²) in [7, 11) is 0. The zero-order chi connectivity index (χ0) is 20.6. The van der Waals surface area contributed by atoms with Gasteiger partial charge in [0.25, 0.3) is 5.91 Å². The normalized spacial score (nSPS) is 10.4. The van der Waals surface area contributed by atoms with Gasteiger partial charge < -0.3 is 10.1 Å². The molecule has 0 saturated carbocycles. The molecule has 0 radical (unpaired) electrons. The molecule has 29 heavy (non-hydrogen) atoms. The number of hydrogen-bond acceptors (Lipinski definition) is 6. The van der Waals surface area contributed by atoms with Crippen LogP contribution in [-0.2, 0) is 16.0 Å². The van der Waals surface area contributed by atoms with Crippen molar-refractivity contribution in [3.63, 3.8) is 0 Å². The summed E-state index contributed by atoms with van der Waals surface area (Å²) in [6, 6.07) is 12.2. The lowest BCUT2D eigenvalue weighted by molar-refractivity contribution is -0.123. The highest BCUT2D eigenvalue weighted by Crippen LogP contribution is 2.20. The molecule has 0 spiro atoms. The molecule has 150 valence electrons. The van der Waals surface area contributed by atoms with Crippen LogP contribution < -0.4 is 10.6 Å². The van der Waals surface area contributed by atoms with Crippen LogP contribution in [0.15, 0.2) is 52.3 Å². The SMILES string of the molecule is O=C(COC(=O)c1cc(-c2ccc(Br)cc2)n[nH]1)NC(=O)NCCc1cccs1. The molecule has 0 fully saturated rings. The Hall–Kier alpha value is -2.98. The van der Waals surface area contributed by atoms with Gasteiger partial charge in [0.15, 0.2) is 6.61 Å². The number of H-pyrrole nitrogens is 1. The molecular formula is C19H17BrN4O4S. The molecular weight excluding hydrogens is 460 g/mol. The standard InChI is InChI=1S/C19H17BrN4O4S/c20-13-5-3-12(4-6-13)15-10-16(24-23-15)18(26)28-11-17(25)22-19(27)21-8-7-14-2-1-9-29-14/h1-6,9-10H,7-8,11H2,(H,23,24)(H2,21,22,25,27). The minimum atomic E-state index is -0.742.